The summed E-state index contributed by atoms with van der Waals surface area (Å²) in [5.41, 5.74) is 7.09. The molecular weight excluding hydrogens is 260 g/mol. The van der Waals surface area contributed by atoms with Crippen molar-refractivity contribution in [3.8, 4) is 0 Å². The summed E-state index contributed by atoms with van der Waals surface area (Å²) in [5.74, 6) is 0.385. The molecule has 0 saturated carbocycles. The highest BCUT2D eigenvalue weighted by atomic mass is 16.2. The number of nitrogens with two attached hydrogens (primary N) is 1. The fourth-order valence-corrected chi connectivity index (χ4v) is 2.47. The molecule has 2 aromatic carbocycles. The minimum absolute atomic E-state index is 0.0514. The van der Waals surface area contributed by atoms with Gasteiger partial charge in [0.25, 0.3) is 0 Å². The molecule has 0 unspecified atom stereocenters. The molecule has 1 atom stereocenters. The highest BCUT2D eigenvalue weighted by molar-refractivity contribution is 5.83. The lowest BCUT2D eigenvalue weighted by Gasteiger charge is -2.14. The number of nitrogens with one attached hydrogen (secondary N) is 1. The van der Waals surface area contributed by atoms with Gasteiger partial charge in [0.2, 0.25) is 5.91 Å². The van der Waals surface area contributed by atoms with Crippen molar-refractivity contribution in [1.29, 1.82) is 0 Å². The Morgan fingerprint density at radius 2 is 1.86 bits per heavy atom. The summed E-state index contributed by atoms with van der Waals surface area (Å²) >= 11 is 0. The molecule has 112 valence electrons. The Labute approximate surface area is 126 Å². The van der Waals surface area contributed by atoms with Gasteiger partial charge in [-0.3, -0.25) is 4.79 Å². The molecular formula is C18H24N2O. The zero-order valence-corrected chi connectivity index (χ0v) is 12.8. The molecule has 2 aromatic rings. The Kier molecular flexibility index (Phi) is 5.34. The monoisotopic (exact) mass is 284 g/mol. The van der Waals surface area contributed by atoms with Gasteiger partial charge in [0, 0.05) is 6.54 Å². The van der Waals surface area contributed by atoms with E-state index in [4.69, 9.17) is 5.73 Å². The van der Waals surface area contributed by atoms with Gasteiger partial charge in [0.1, 0.15) is 0 Å². The van der Waals surface area contributed by atoms with Crippen molar-refractivity contribution in [3.05, 3.63) is 48.0 Å². The maximum Gasteiger partial charge on any atom is 0.236 e. The Hall–Kier alpha value is -1.87. The first kappa shape index (κ1) is 15.5. The Bertz CT molecular complexity index is 607. The highest BCUT2D eigenvalue weighted by Gasteiger charge is 2.13. The van der Waals surface area contributed by atoms with Crippen LogP contribution >= 0.6 is 0 Å². The van der Waals surface area contributed by atoms with Gasteiger partial charge in [0.05, 0.1) is 6.04 Å². The number of amides is 1. The Morgan fingerprint density at radius 3 is 2.57 bits per heavy atom. The van der Waals surface area contributed by atoms with Gasteiger partial charge in [-0.25, -0.2) is 0 Å². The van der Waals surface area contributed by atoms with Crippen molar-refractivity contribution in [1.82, 2.24) is 5.32 Å². The molecule has 0 aliphatic heterocycles. The number of hydrogen-bond donors (Lipinski definition) is 2. The summed E-state index contributed by atoms with van der Waals surface area (Å²) in [7, 11) is 0. The van der Waals surface area contributed by atoms with E-state index >= 15 is 0 Å². The van der Waals surface area contributed by atoms with E-state index < -0.39 is 6.04 Å². The first-order valence-electron chi connectivity index (χ1n) is 7.57. The van der Waals surface area contributed by atoms with Crippen LogP contribution in [0.1, 0.15) is 25.8 Å². The van der Waals surface area contributed by atoms with Gasteiger partial charge in [-0.2, -0.15) is 0 Å². The molecule has 1 amide bonds. The summed E-state index contributed by atoms with van der Waals surface area (Å²) in [6.45, 7) is 4.77. The summed E-state index contributed by atoms with van der Waals surface area (Å²) in [6.07, 6.45) is 1.55. The molecule has 3 nitrogen and oxygen atoms in total. The van der Waals surface area contributed by atoms with Gasteiger partial charge in [-0.05, 0) is 35.1 Å². The number of benzene rings is 2. The van der Waals surface area contributed by atoms with E-state index in [0.717, 1.165) is 12.8 Å². The van der Waals surface area contributed by atoms with Crippen molar-refractivity contribution >= 4 is 16.7 Å². The predicted molar refractivity (Wildman–Crippen MR) is 88.1 cm³/mol. The number of hydrogen-bond acceptors (Lipinski definition) is 2. The smallest absolute Gasteiger partial charge is 0.236 e. The van der Waals surface area contributed by atoms with Gasteiger partial charge >= 0.3 is 0 Å². The quantitative estimate of drug-likeness (QED) is 0.857. The molecule has 0 bridgehead atoms. The lowest BCUT2D eigenvalue weighted by molar-refractivity contribution is -0.122. The van der Waals surface area contributed by atoms with Crippen LogP contribution in [-0.2, 0) is 11.2 Å². The van der Waals surface area contributed by atoms with E-state index in [9.17, 15) is 4.79 Å². The molecule has 21 heavy (non-hydrogen) atoms. The van der Waals surface area contributed by atoms with E-state index in [0.29, 0.717) is 12.5 Å². The third-order valence-electron chi connectivity index (χ3n) is 3.59. The fourth-order valence-electron chi connectivity index (χ4n) is 2.47. The molecule has 2 rings (SSSR count). The van der Waals surface area contributed by atoms with E-state index in [2.05, 4.69) is 49.5 Å². The second-order valence-electron chi connectivity index (χ2n) is 5.96. The van der Waals surface area contributed by atoms with Crippen molar-refractivity contribution in [2.45, 2.75) is 32.7 Å². The zero-order valence-electron chi connectivity index (χ0n) is 12.8. The summed E-state index contributed by atoms with van der Waals surface area (Å²) in [4.78, 5) is 11.8. The maximum absolute atomic E-state index is 11.8. The van der Waals surface area contributed by atoms with Crippen molar-refractivity contribution in [2.75, 3.05) is 6.54 Å². The first-order valence-corrected chi connectivity index (χ1v) is 7.57. The molecule has 0 radical (unpaired) electrons. The van der Waals surface area contributed by atoms with Crippen molar-refractivity contribution < 1.29 is 4.79 Å². The van der Waals surface area contributed by atoms with Crippen LogP contribution in [0.5, 0.6) is 0 Å². The molecule has 3 heteroatoms. The van der Waals surface area contributed by atoms with Crippen molar-refractivity contribution in [2.24, 2.45) is 11.7 Å². The van der Waals surface area contributed by atoms with Crippen LogP contribution in [0, 0.1) is 5.92 Å². The average Bonchev–Trinajstić information content (AvgIpc) is 2.46. The van der Waals surface area contributed by atoms with E-state index in [1.807, 2.05) is 12.1 Å². The van der Waals surface area contributed by atoms with Gasteiger partial charge in [-0.15, -0.1) is 0 Å². The molecule has 0 aliphatic rings. The molecule has 0 fully saturated rings. The standard InChI is InChI=1S/C18H24N2O/c1-13(2)11-17(19)18(21)20-10-9-14-7-8-15-5-3-4-6-16(15)12-14/h3-8,12-13,17H,9-11,19H2,1-2H3,(H,20,21)/t17-/m0/s1. The number of carbonyl (C=O) groups excluding carboxylic acids is 1. The normalized spacial score (nSPS) is 12.6. The van der Waals surface area contributed by atoms with Crippen LogP contribution in [0.2, 0.25) is 0 Å². The molecule has 3 N–H and O–H groups in total. The number of fused-ring (bicyclic) bond motifs is 1. The highest BCUT2D eigenvalue weighted by Crippen LogP contribution is 2.15. The SMILES string of the molecule is CC(C)C[C@H](N)C(=O)NCCc1ccc2ccccc2c1. The third-order valence-corrected chi connectivity index (χ3v) is 3.59. The lowest BCUT2D eigenvalue weighted by atomic mass is 10.0. The molecule has 0 aromatic heterocycles. The molecule has 0 aliphatic carbocycles. The van der Waals surface area contributed by atoms with Gasteiger partial charge in [0.15, 0.2) is 0 Å². The average molecular weight is 284 g/mol. The topological polar surface area (TPSA) is 55.1 Å². The second-order valence-corrected chi connectivity index (χ2v) is 5.96. The molecule has 0 heterocycles. The molecule has 0 spiro atoms. The zero-order chi connectivity index (χ0) is 15.2. The number of rotatable bonds is 6. The van der Waals surface area contributed by atoms with Crippen LogP contribution in [0.15, 0.2) is 42.5 Å². The van der Waals surface area contributed by atoms with Crippen molar-refractivity contribution in [3.63, 3.8) is 0 Å². The van der Waals surface area contributed by atoms with Crippen LogP contribution in [0.3, 0.4) is 0 Å². The Morgan fingerprint density at radius 1 is 1.14 bits per heavy atom. The first-order chi connectivity index (χ1) is 10.1. The Balaban J connectivity index is 1.86. The van der Waals surface area contributed by atoms with E-state index in [1.54, 1.807) is 0 Å². The largest absolute Gasteiger partial charge is 0.354 e. The van der Waals surface area contributed by atoms with Crippen LogP contribution in [0.25, 0.3) is 10.8 Å². The summed E-state index contributed by atoms with van der Waals surface area (Å²) in [6, 6.07) is 14.3. The summed E-state index contributed by atoms with van der Waals surface area (Å²) < 4.78 is 0. The fraction of sp³-hybridized carbons (Fsp3) is 0.389. The van der Waals surface area contributed by atoms with Gasteiger partial charge in [-0.1, -0.05) is 56.3 Å². The second kappa shape index (κ2) is 7.23. The minimum atomic E-state index is -0.401. The van der Waals surface area contributed by atoms with E-state index in [-0.39, 0.29) is 5.91 Å². The van der Waals surface area contributed by atoms with Crippen LogP contribution < -0.4 is 11.1 Å². The number of carbonyl (C=O) groups is 1. The molecule has 0 saturated heterocycles. The third kappa shape index (κ3) is 4.57. The van der Waals surface area contributed by atoms with Gasteiger partial charge < -0.3 is 11.1 Å². The summed E-state index contributed by atoms with van der Waals surface area (Å²) in [5, 5.41) is 5.39. The van der Waals surface area contributed by atoms with E-state index in [1.165, 1.54) is 16.3 Å². The maximum atomic E-state index is 11.8. The lowest BCUT2D eigenvalue weighted by Crippen LogP contribution is -2.42. The minimum Gasteiger partial charge on any atom is -0.354 e. The van der Waals surface area contributed by atoms with Crippen LogP contribution in [-0.4, -0.2) is 18.5 Å². The van der Waals surface area contributed by atoms with Crippen LogP contribution in [0.4, 0.5) is 0 Å². The predicted octanol–water partition coefficient (Wildman–Crippen LogP) is 2.87.